The van der Waals surface area contributed by atoms with Crippen LogP contribution >= 0.6 is 0 Å². The first-order chi connectivity index (χ1) is 9.46. The fraction of sp³-hybridized carbons (Fsp3) is 0.462. The van der Waals surface area contributed by atoms with Crippen molar-refractivity contribution in [1.29, 1.82) is 0 Å². The van der Waals surface area contributed by atoms with E-state index in [2.05, 4.69) is 10.3 Å². The molecular weight excluding hydrogens is 278 g/mol. The van der Waals surface area contributed by atoms with Crippen LogP contribution in [0.1, 0.15) is 12.5 Å². The van der Waals surface area contributed by atoms with Crippen LogP contribution in [0.15, 0.2) is 28.1 Å². The van der Waals surface area contributed by atoms with Crippen LogP contribution in [0.4, 0.5) is 0 Å². The Hall–Kier alpha value is -1.60. The minimum absolute atomic E-state index is 0.234. The lowest BCUT2D eigenvalue weighted by molar-refractivity contribution is 0.339. The Bertz CT molecular complexity index is 624. The third-order valence-electron chi connectivity index (χ3n) is 2.96. The van der Waals surface area contributed by atoms with Crippen molar-refractivity contribution >= 4 is 15.9 Å². The average molecular weight is 297 g/mol. The van der Waals surface area contributed by atoms with Crippen molar-refractivity contribution in [2.75, 3.05) is 33.8 Å². The summed E-state index contributed by atoms with van der Waals surface area (Å²) >= 11 is 0. The molecule has 1 aliphatic heterocycles. The zero-order chi connectivity index (χ0) is 14.8. The summed E-state index contributed by atoms with van der Waals surface area (Å²) in [6.45, 7) is 3.84. The lowest BCUT2D eigenvalue weighted by Crippen LogP contribution is -2.24. The van der Waals surface area contributed by atoms with E-state index in [0.717, 1.165) is 6.54 Å². The molecule has 0 bridgehead atoms. The predicted molar refractivity (Wildman–Crippen MR) is 77.9 cm³/mol. The highest BCUT2D eigenvalue weighted by Crippen LogP contribution is 2.25. The Balaban J connectivity index is 2.51. The van der Waals surface area contributed by atoms with E-state index >= 15 is 0 Å². The van der Waals surface area contributed by atoms with Crippen LogP contribution in [0.25, 0.3) is 0 Å². The van der Waals surface area contributed by atoms with Gasteiger partial charge < -0.3 is 10.1 Å². The summed E-state index contributed by atoms with van der Waals surface area (Å²) in [7, 11) is -0.444. The fourth-order valence-electron chi connectivity index (χ4n) is 1.93. The monoisotopic (exact) mass is 297 g/mol. The van der Waals surface area contributed by atoms with Gasteiger partial charge in [-0.15, -0.1) is 0 Å². The number of aliphatic imine (C=N–C) groups is 1. The normalized spacial score (nSPS) is 15.1. The largest absolute Gasteiger partial charge is 0.493 e. The number of ether oxygens (including phenoxy) is 1. The topological polar surface area (TPSA) is 71.0 Å². The zero-order valence-corrected chi connectivity index (χ0v) is 12.7. The summed E-state index contributed by atoms with van der Waals surface area (Å²) in [5.41, 5.74) is 0.687. The minimum Gasteiger partial charge on any atom is -0.493 e. The Morgan fingerprint density at radius 3 is 2.70 bits per heavy atom. The molecule has 0 saturated carbocycles. The van der Waals surface area contributed by atoms with Crippen LogP contribution in [-0.2, 0) is 10.0 Å². The summed E-state index contributed by atoms with van der Waals surface area (Å²) < 4.78 is 31.1. The predicted octanol–water partition coefficient (Wildman–Crippen LogP) is 0.685. The van der Waals surface area contributed by atoms with Crippen LogP contribution in [0.2, 0.25) is 0 Å². The van der Waals surface area contributed by atoms with Gasteiger partial charge in [-0.25, -0.2) is 12.7 Å². The van der Waals surface area contributed by atoms with Crippen LogP contribution in [0, 0.1) is 0 Å². The molecule has 1 heterocycles. The fourth-order valence-corrected chi connectivity index (χ4v) is 2.85. The molecule has 0 aromatic heterocycles. The van der Waals surface area contributed by atoms with Gasteiger partial charge in [0.1, 0.15) is 11.6 Å². The molecule has 0 spiro atoms. The molecule has 0 unspecified atom stereocenters. The SMILES string of the molecule is CCOc1ccc(S(=O)(=O)N(C)C)cc1C1=NCCN1. The van der Waals surface area contributed by atoms with Crippen molar-refractivity contribution in [2.24, 2.45) is 4.99 Å². The second kappa shape index (κ2) is 5.80. The highest BCUT2D eigenvalue weighted by molar-refractivity contribution is 7.89. The van der Waals surface area contributed by atoms with Crippen LogP contribution in [0.3, 0.4) is 0 Å². The van der Waals surface area contributed by atoms with E-state index in [4.69, 9.17) is 4.74 Å². The molecule has 7 heteroatoms. The quantitative estimate of drug-likeness (QED) is 0.868. The Morgan fingerprint density at radius 1 is 1.40 bits per heavy atom. The van der Waals surface area contributed by atoms with Gasteiger partial charge in [0.25, 0.3) is 0 Å². The molecule has 1 aromatic rings. The number of nitrogens with one attached hydrogen (secondary N) is 1. The molecule has 0 amide bonds. The van der Waals surface area contributed by atoms with E-state index in [1.54, 1.807) is 18.2 Å². The molecule has 0 fully saturated rings. The Kier molecular flexibility index (Phi) is 4.29. The van der Waals surface area contributed by atoms with Gasteiger partial charge >= 0.3 is 0 Å². The Labute approximate surface area is 119 Å². The van der Waals surface area contributed by atoms with Gasteiger partial charge in [-0.1, -0.05) is 0 Å². The summed E-state index contributed by atoms with van der Waals surface area (Å²) in [5.74, 6) is 1.32. The number of nitrogens with zero attached hydrogens (tertiary/aromatic N) is 2. The number of sulfonamides is 1. The van der Waals surface area contributed by atoms with Crippen molar-refractivity contribution in [2.45, 2.75) is 11.8 Å². The van der Waals surface area contributed by atoms with Gasteiger partial charge in [-0.3, -0.25) is 4.99 Å². The molecule has 2 rings (SSSR count). The van der Waals surface area contributed by atoms with Gasteiger partial charge in [0.2, 0.25) is 10.0 Å². The first-order valence-electron chi connectivity index (χ1n) is 6.45. The molecule has 1 aromatic carbocycles. The van der Waals surface area contributed by atoms with Crippen molar-refractivity contribution in [1.82, 2.24) is 9.62 Å². The van der Waals surface area contributed by atoms with E-state index in [9.17, 15) is 8.42 Å². The first-order valence-corrected chi connectivity index (χ1v) is 7.89. The number of amidine groups is 1. The molecule has 0 radical (unpaired) electrons. The summed E-state index contributed by atoms with van der Waals surface area (Å²) in [5, 5.41) is 3.14. The molecular formula is C13H19N3O3S. The lowest BCUT2D eigenvalue weighted by Gasteiger charge is -2.15. The third-order valence-corrected chi connectivity index (χ3v) is 4.77. The van der Waals surface area contributed by atoms with Crippen molar-refractivity contribution in [3.05, 3.63) is 23.8 Å². The standard InChI is InChI=1S/C13H19N3O3S/c1-4-19-12-6-5-10(20(17,18)16(2)3)9-11(12)13-14-7-8-15-13/h5-6,9H,4,7-8H2,1-3H3,(H,14,15). The second-order valence-electron chi connectivity index (χ2n) is 4.54. The van der Waals surface area contributed by atoms with Crippen molar-refractivity contribution in [3.63, 3.8) is 0 Å². The average Bonchev–Trinajstić information content (AvgIpc) is 2.93. The summed E-state index contributed by atoms with van der Waals surface area (Å²) in [6.07, 6.45) is 0. The van der Waals surface area contributed by atoms with Gasteiger partial charge in [0.15, 0.2) is 0 Å². The maximum Gasteiger partial charge on any atom is 0.242 e. The zero-order valence-electron chi connectivity index (χ0n) is 11.9. The minimum atomic E-state index is -3.47. The van der Waals surface area contributed by atoms with Gasteiger partial charge in [0, 0.05) is 20.6 Å². The Morgan fingerprint density at radius 2 is 2.15 bits per heavy atom. The second-order valence-corrected chi connectivity index (χ2v) is 6.69. The molecule has 0 aliphatic carbocycles. The summed E-state index contributed by atoms with van der Waals surface area (Å²) in [4.78, 5) is 4.57. The maximum absolute atomic E-state index is 12.2. The highest BCUT2D eigenvalue weighted by atomic mass is 32.2. The number of hydrogen-bond donors (Lipinski definition) is 1. The molecule has 1 N–H and O–H groups in total. The van der Waals surface area contributed by atoms with E-state index in [-0.39, 0.29) is 4.90 Å². The van der Waals surface area contributed by atoms with Gasteiger partial charge in [-0.2, -0.15) is 0 Å². The smallest absolute Gasteiger partial charge is 0.242 e. The third kappa shape index (κ3) is 2.78. The first kappa shape index (κ1) is 14.8. The van der Waals surface area contributed by atoms with Crippen LogP contribution in [0.5, 0.6) is 5.75 Å². The van der Waals surface area contributed by atoms with E-state index in [0.29, 0.717) is 30.3 Å². The van der Waals surface area contributed by atoms with Crippen molar-refractivity contribution < 1.29 is 13.2 Å². The molecule has 20 heavy (non-hydrogen) atoms. The maximum atomic E-state index is 12.2. The van der Waals surface area contributed by atoms with Crippen LogP contribution in [-0.4, -0.2) is 52.4 Å². The lowest BCUT2D eigenvalue weighted by atomic mass is 10.2. The van der Waals surface area contributed by atoms with Crippen LogP contribution < -0.4 is 10.1 Å². The highest BCUT2D eigenvalue weighted by Gasteiger charge is 2.21. The molecule has 0 atom stereocenters. The van der Waals surface area contributed by atoms with Gasteiger partial charge in [0.05, 0.1) is 23.6 Å². The van der Waals surface area contributed by atoms with Crippen molar-refractivity contribution in [3.8, 4) is 5.75 Å². The molecule has 0 saturated heterocycles. The number of benzene rings is 1. The van der Waals surface area contributed by atoms with E-state index in [1.807, 2.05) is 6.92 Å². The number of rotatable bonds is 5. The molecule has 6 nitrogen and oxygen atoms in total. The summed E-state index contributed by atoms with van der Waals surface area (Å²) in [6, 6.07) is 4.84. The van der Waals surface area contributed by atoms with E-state index in [1.165, 1.54) is 18.4 Å². The number of hydrogen-bond acceptors (Lipinski definition) is 5. The molecule has 1 aliphatic rings. The van der Waals surface area contributed by atoms with E-state index < -0.39 is 10.0 Å². The molecule has 110 valence electrons. The van der Waals surface area contributed by atoms with Gasteiger partial charge in [-0.05, 0) is 25.1 Å².